The maximum Gasteiger partial charge on any atom is 0.410 e. The summed E-state index contributed by atoms with van der Waals surface area (Å²) in [6.45, 7) is -0.454. The highest BCUT2D eigenvalue weighted by Gasteiger charge is 2.53. The molecule has 1 saturated carbocycles. The van der Waals surface area contributed by atoms with Crippen molar-refractivity contribution in [1.29, 1.82) is 0 Å². The van der Waals surface area contributed by atoms with Gasteiger partial charge in [-0.2, -0.15) is 13.2 Å². The largest absolute Gasteiger partial charge is 0.506 e. The molecule has 4 N–H and O–H groups in total. The molecule has 0 spiro atoms. The Hall–Kier alpha value is -4.14. The number of carbonyl (C=O) groups excluding carboxylic acids is 3. The average Bonchev–Trinajstić information content (AvgIpc) is 3.44. The van der Waals surface area contributed by atoms with E-state index in [2.05, 4.69) is 10.6 Å². The fraction of sp³-hybridized carbons (Fsp3) is 0.516. The Labute approximate surface area is 261 Å². The zero-order valence-electron chi connectivity index (χ0n) is 24.7. The average molecular weight is 655 g/mol. The van der Waals surface area contributed by atoms with Gasteiger partial charge in [0.15, 0.2) is 0 Å². The number of benzene rings is 2. The number of phenolic OH excluding ortho intramolecular Hbond substituents is 1. The number of aromatic hydroxyl groups is 1. The van der Waals surface area contributed by atoms with Gasteiger partial charge in [0, 0.05) is 26.1 Å². The Balaban J connectivity index is 1.38. The molecular weight excluding hydrogens is 619 g/mol. The summed E-state index contributed by atoms with van der Waals surface area (Å²) in [6, 6.07) is 8.55. The van der Waals surface area contributed by atoms with E-state index in [0.717, 1.165) is 4.90 Å². The van der Waals surface area contributed by atoms with Crippen molar-refractivity contribution < 1.29 is 50.9 Å². The number of rotatable bonds is 8. The van der Waals surface area contributed by atoms with Crippen LogP contribution in [0.2, 0.25) is 0 Å². The van der Waals surface area contributed by atoms with Gasteiger partial charge in [0.2, 0.25) is 11.8 Å². The van der Waals surface area contributed by atoms with Crippen LogP contribution in [0.25, 0.3) is 0 Å². The molecule has 46 heavy (non-hydrogen) atoms. The summed E-state index contributed by atoms with van der Waals surface area (Å²) in [5.41, 5.74) is -0.339. The predicted octanol–water partition coefficient (Wildman–Crippen LogP) is 5.41. The first-order chi connectivity index (χ1) is 21.8. The molecule has 2 aromatic carbocycles. The topological polar surface area (TPSA) is 129 Å². The predicted molar refractivity (Wildman–Crippen MR) is 154 cm³/mol. The van der Waals surface area contributed by atoms with Crippen LogP contribution in [0.4, 0.5) is 37.2 Å². The number of halogens is 5. The molecule has 5 rings (SSSR count). The molecular formula is C31H35F5N4O6. The lowest BCUT2D eigenvalue weighted by Gasteiger charge is -2.44. The maximum atomic E-state index is 14.0. The van der Waals surface area contributed by atoms with E-state index < -0.39 is 73.1 Å². The lowest BCUT2D eigenvalue weighted by molar-refractivity contribution is -0.151. The lowest BCUT2D eigenvalue weighted by atomic mass is 9.80. The summed E-state index contributed by atoms with van der Waals surface area (Å²) in [6.07, 6.45) is -6.41. The molecule has 4 amide bonds. The maximum absolute atomic E-state index is 14.0. The number of phenols is 1. The lowest BCUT2D eigenvalue weighted by Crippen LogP contribution is -2.51. The monoisotopic (exact) mass is 654 g/mol. The Bertz CT molecular complexity index is 1410. The standard InChI is InChI=1S/C31H35F5N4O6/c32-30(33)10-8-20(9-11-30)25(39-28(44)46-18-19-4-2-1-3-5-19)26(42)37-22-16-21(6-7-23(22)41)29(12-14-45-15-13-29)40-17-24(31(34,35)36)38-27(40)43/h1-7,16,20,24-25,41H,8-15,17-18H2,(H,37,42)(H,38,43)(H,39,44)/t24?,25-/m0/s1. The Morgan fingerprint density at radius 1 is 1.07 bits per heavy atom. The molecule has 2 aliphatic heterocycles. The zero-order chi connectivity index (χ0) is 33.1. The van der Waals surface area contributed by atoms with Gasteiger partial charge in [-0.15, -0.1) is 0 Å². The van der Waals surface area contributed by atoms with Crippen LogP contribution in [0.3, 0.4) is 0 Å². The second-order valence-corrected chi connectivity index (χ2v) is 11.9. The van der Waals surface area contributed by atoms with Gasteiger partial charge in [0.25, 0.3) is 0 Å². The van der Waals surface area contributed by atoms with Crippen LogP contribution >= 0.6 is 0 Å². The number of urea groups is 1. The number of alkyl carbamates (subject to hydrolysis) is 1. The summed E-state index contributed by atoms with van der Waals surface area (Å²) in [7, 11) is 0. The first-order valence-electron chi connectivity index (χ1n) is 15.0. The van der Waals surface area contributed by atoms with Crippen LogP contribution in [-0.4, -0.2) is 72.0 Å². The highest BCUT2D eigenvalue weighted by molar-refractivity contribution is 5.98. The Morgan fingerprint density at radius 2 is 1.74 bits per heavy atom. The number of anilines is 1. The van der Waals surface area contributed by atoms with E-state index in [-0.39, 0.29) is 56.9 Å². The minimum absolute atomic E-state index is 0.0658. The van der Waals surface area contributed by atoms with Crippen LogP contribution < -0.4 is 16.0 Å². The molecule has 250 valence electrons. The summed E-state index contributed by atoms with van der Waals surface area (Å²) >= 11 is 0. The summed E-state index contributed by atoms with van der Waals surface area (Å²) in [5.74, 6) is -4.78. The summed E-state index contributed by atoms with van der Waals surface area (Å²) in [4.78, 5) is 40.4. The van der Waals surface area contributed by atoms with E-state index in [4.69, 9.17) is 9.47 Å². The third-order valence-corrected chi connectivity index (χ3v) is 8.93. The molecule has 0 aromatic heterocycles. The van der Waals surface area contributed by atoms with Crippen molar-refractivity contribution in [2.45, 2.75) is 74.9 Å². The van der Waals surface area contributed by atoms with Crippen molar-refractivity contribution in [3.63, 3.8) is 0 Å². The number of ether oxygens (including phenoxy) is 2. The Morgan fingerprint density at radius 3 is 2.37 bits per heavy atom. The van der Waals surface area contributed by atoms with Gasteiger partial charge in [0.1, 0.15) is 24.4 Å². The molecule has 1 aliphatic carbocycles. The molecule has 1 unspecified atom stereocenters. The number of hydrogen-bond acceptors (Lipinski definition) is 6. The highest BCUT2D eigenvalue weighted by atomic mass is 19.4. The molecule has 2 atom stereocenters. The smallest absolute Gasteiger partial charge is 0.410 e. The molecule has 2 saturated heterocycles. The van der Waals surface area contributed by atoms with E-state index >= 15 is 0 Å². The number of nitrogens with zero attached hydrogens (tertiary/aromatic N) is 1. The first-order valence-corrected chi connectivity index (χ1v) is 15.0. The fourth-order valence-electron chi connectivity index (χ4n) is 6.34. The van der Waals surface area contributed by atoms with Crippen molar-refractivity contribution >= 4 is 23.7 Å². The van der Waals surface area contributed by atoms with Gasteiger partial charge >= 0.3 is 18.3 Å². The van der Waals surface area contributed by atoms with Crippen molar-refractivity contribution in [3.8, 4) is 5.75 Å². The number of carbonyl (C=O) groups is 3. The van der Waals surface area contributed by atoms with E-state index in [9.17, 15) is 41.4 Å². The third-order valence-electron chi connectivity index (χ3n) is 8.93. The Kier molecular flexibility index (Phi) is 9.61. The molecule has 2 aromatic rings. The number of nitrogens with one attached hydrogen (secondary N) is 3. The minimum atomic E-state index is -4.67. The molecule has 0 radical (unpaired) electrons. The van der Waals surface area contributed by atoms with E-state index in [1.165, 1.54) is 18.2 Å². The van der Waals surface area contributed by atoms with Gasteiger partial charge in [0.05, 0.1) is 17.8 Å². The quantitative estimate of drug-likeness (QED) is 0.223. The fourth-order valence-corrected chi connectivity index (χ4v) is 6.34. The molecule has 3 fully saturated rings. The van der Waals surface area contributed by atoms with Gasteiger partial charge < -0.3 is 35.4 Å². The SMILES string of the molecule is O=C(N[C@H](C(=O)Nc1cc(C2(N3CC(C(F)(F)F)NC3=O)CCOCC2)ccc1O)C1CCC(F)(F)CC1)OCc1ccccc1. The van der Waals surface area contributed by atoms with Crippen molar-refractivity contribution in [2.24, 2.45) is 5.92 Å². The van der Waals surface area contributed by atoms with Crippen LogP contribution in [-0.2, 0) is 26.4 Å². The van der Waals surface area contributed by atoms with Crippen molar-refractivity contribution in [3.05, 3.63) is 59.7 Å². The molecule has 2 heterocycles. The molecule has 15 heteroatoms. The van der Waals surface area contributed by atoms with E-state index in [1.54, 1.807) is 30.3 Å². The molecule has 0 bridgehead atoms. The minimum Gasteiger partial charge on any atom is -0.506 e. The zero-order valence-corrected chi connectivity index (χ0v) is 24.7. The highest BCUT2D eigenvalue weighted by Crippen LogP contribution is 2.44. The van der Waals surface area contributed by atoms with Gasteiger partial charge in [-0.3, -0.25) is 4.79 Å². The third kappa shape index (κ3) is 7.45. The second-order valence-electron chi connectivity index (χ2n) is 11.9. The van der Waals surface area contributed by atoms with E-state index in [1.807, 2.05) is 5.32 Å². The van der Waals surface area contributed by atoms with Crippen LogP contribution in [0.15, 0.2) is 48.5 Å². The van der Waals surface area contributed by atoms with Crippen molar-refractivity contribution in [2.75, 3.05) is 25.1 Å². The van der Waals surface area contributed by atoms with E-state index in [0.29, 0.717) is 11.1 Å². The number of amides is 4. The normalized spacial score (nSPS) is 22.1. The van der Waals surface area contributed by atoms with Gasteiger partial charge in [-0.25, -0.2) is 18.4 Å². The van der Waals surface area contributed by atoms with Gasteiger partial charge in [-0.1, -0.05) is 36.4 Å². The van der Waals surface area contributed by atoms with Crippen LogP contribution in [0, 0.1) is 5.92 Å². The summed E-state index contributed by atoms with van der Waals surface area (Å²) in [5, 5.41) is 17.7. The second kappa shape index (κ2) is 13.3. The first kappa shape index (κ1) is 33.2. The van der Waals surface area contributed by atoms with Gasteiger partial charge in [-0.05, 0) is 54.9 Å². The van der Waals surface area contributed by atoms with Crippen LogP contribution in [0.1, 0.15) is 49.7 Å². The van der Waals surface area contributed by atoms with Crippen molar-refractivity contribution in [1.82, 2.24) is 15.5 Å². The number of hydrogen-bond donors (Lipinski definition) is 4. The molecule has 3 aliphatic rings. The summed E-state index contributed by atoms with van der Waals surface area (Å²) < 4.78 is 79.2. The molecule has 10 nitrogen and oxygen atoms in total. The number of alkyl halides is 5. The van der Waals surface area contributed by atoms with Crippen LogP contribution in [0.5, 0.6) is 5.75 Å².